The highest BCUT2D eigenvalue weighted by molar-refractivity contribution is 9.25. The summed E-state index contributed by atoms with van der Waals surface area (Å²) in [5, 5.41) is 0. The Morgan fingerprint density at radius 2 is 2.00 bits per heavy atom. The second-order valence-electron chi connectivity index (χ2n) is 1.90. The Morgan fingerprint density at radius 1 is 1.56 bits per heavy atom. The fourth-order valence-electron chi connectivity index (χ4n) is 0.264. The molecule has 0 rings (SSSR count). The predicted octanol–water partition coefficient (Wildman–Crippen LogP) is 2.64. The first-order chi connectivity index (χ1) is 3.92. The molecule has 0 aromatic heterocycles. The molecular weight excluding hydrogens is 248 g/mol. The van der Waals surface area contributed by atoms with Crippen LogP contribution in [-0.4, -0.2) is 9.02 Å². The molecule has 0 saturated carbocycles. The molecule has 0 amide bonds. The maximum absolute atomic E-state index is 10.4. The van der Waals surface area contributed by atoms with E-state index < -0.39 is 0 Å². The number of carbonyl (C=O) groups excluding carboxylic acids is 1. The number of alkyl halides is 2. The van der Waals surface area contributed by atoms with Gasteiger partial charge < -0.3 is 0 Å². The van der Waals surface area contributed by atoms with Gasteiger partial charge in [0.2, 0.25) is 0 Å². The molecule has 1 nitrogen and oxygen atoms in total. The van der Waals surface area contributed by atoms with Crippen LogP contribution in [0.1, 0.15) is 13.8 Å². The molecule has 0 spiro atoms. The SMILES string of the molecule is CC(=O)C=CC(C)(Br)Br. The van der Waals surface area contributed by atoms with E-state index in [1.54, 1.807) is 6.08 Å². The predicted molar refractivity (Wildman–Crippen MR) is 46.1 cm³/mol. The molecule has 0 aliphatic heterocycles. The first kappa shape index (κ1) is 9.37. The summed E-state index contributed by atoms with van der Waals surface area (Å²) >= 11 is 6.57. The normalized spacial score (nSPS) is 12.4. The third-order valence-electron chi connectivity index (χ3n) is 0.611. The molecule has 0 unspecified atom stereocenters. The maximum atomic E-state index is 10.4. The molecule has 0 N–H and O–H groups in total. The summed E-state index contributed by atoms with van der Waals surface area (Å²) in [6.45, 7) is 3.41. The zero-order valence-corrected chi connectivity index (χ0v) is 8.49. The van der Waals surface area contributed by atoms with E-state index in [2.05, 4.69) is 31.9 Å². The van der Waals surface area contributed by atoms with Gasteiger partial charge in [0.1, 0.15) is 0 Å². The van der Waals surface area contributed by atoms with Crippen LogP contribution in [-0.2, 0) is 4.79 Å². The van der Waals surface area contributed by atoms with Crippen molar-refractivity contribution in [2.24, 2.45) is 0 Å². The Bertz CT molecular complexity index is 132. The van der Waals surface area contributed by atoms with Gasteiger partial charge in [0.25, 0.3) is 0 Å². The fourth-order valence-corrected chi connectivity index (χ4v) is 0.528. The Labute approximate surface area is 71.8 Å². The molecule has 3 heteroatoms. The van der Waals surface area contributed by atoms with E-state index in [9.17, 15) is 4.79 Å². The second-order valence-corrected chi connectivity index (χ2v) is 6.26. The van der Waals surface area contributed by atoms with Crippen molar-refractivity contribution in [2.75, 3.05) is 0 Å². The minimum atomic E-state index is -0.244. The average molecular weight is 256 g/mol. The lowest BCUT2D eigenvalue weighted by atomic mass is 10.3. The van der Waals surface area contributed by atoms with E-state index in [-0.39, 0.29) is 9.02 Å². The van der Waals surface area contributed by atoms with Crippen LogP contribution in [0.2, 0.25) is 0 Å². The molecule has 0 atom stereocenters. The highest BCUT2D eigenvalue weighted by Crippen LogP contribution is 2.26. The first-order valence-corrected chi connectivity index (χ1v) is 4.08. The van der Waals surface area contributed by atoms with Gasteiger partial charge in [-0.25, -0.2) is 0 Å². The Kier molecular flexibility index (Phi) is 3.66. The third kappa shape index (κ3) is 8.37. The molecule has 0 heterocycles. The van der Waals surface area contributed by atoms with Crippen molar-refractivity contribution in [3.8, 4) is 0 Å². The molecule has 0 radical (unpaired) electrons. The van der Waals surface area contributed by atoms with Crippen LogP contribution in [0.15, 0.2) is 12.2 Å². The number of hydrogen-bond acceptors (Lipinski definition) is 1. The van der Waals surface area contributed by atoms with Gasteiger partial charge in [-0.15, -0.1) is 0 Å². The summed E-state index contributed by atoms with van der Waals surface area (Å²) in [6, 6.07) is 0. The molecule has 0 saturated heterocycles. The van der Waals surface area contributed by atoms with E-state index in [4.69, 9.17) is 0 Å². The number of hydrogen-bond donors (Lipinski definition) is 0. The summed E-state index contributed by atoms with van der Waals surface area (Å²) in [5.74, 6) is 0.0557. The number of carbonyl (C=O) groups is 1. The van der Waals surface area contributed by atoms with Crippen LogP contribution in [0.4, 0.5) is 0 Å². The highest BCUT2D eigenvalue weighted by Gasteiger charge is 2.08. The zero-order chi connectivity index (χ0) is 7.49. The number of rotatable bonds is 2. The summed E-state index contributed by atoms with van der Waals surface area (Å²) in [4.78, 5) is 10.4. The van der Waals surface area contributed by atoms with Crippen molar-refractivity contribution in [1.29, 1.82) is 0 Å². The summed E-state index contributed by atoms with van der Waals surface area (Å²) < 4.78 is -0.244. The minimum Gasteiger partial charge on any atom is -0.295 e. The van der Waals surface area contributed by atoms with Crippen molar-refractivity contribution < 1.29 is 4.79 Å². The van der Waals surface area contributed by atoms with Gasteiger partial charge in [-0.05, 0) is 19.9 Å². The molecule has 0 aromatic carbocycles. The van der Waals surface area contributed by atoms with Crippen molar-refractivity contribution >= 4 is 37.6 Å². The fraction of sp³-hybridized carbons (Fsp3) is 0.500. The summed E-state index contributed by atoms with van der Waals surface area (Å²) in [7, 11) is 0. The van der Waals surface area contributed by atoms with Crippen LogP contribution >= 0.6 is 31.9 Å². The first-order valence-electron chi connectivity index (χ1n) is 2.49. The number of halogens is 2. The summed E-state index contributed by atoms with van der Waals surface area (Å²) in [5.41, 5.74) is 0. The molecule has 0 aromatic rings. The quantitative estimate of drug-likeness (QED) is 0.548. The van der Waals surface area contributed by atoms with Crippen molar-refractivity contribution in [3.63, 3.8) is 0 Å². The van der Waals surface area contributed by atoms with Crippen LogP contribution in [0, 0.1) is 0 Å². The van der Waals surface area contributed by atoms with Gasteiger partial charge in [-0.2, -0.15) is 0 Å². The topological polar surface area (TPSA) is 17.1 Å². The van der Waals surface area contributed by atoms with Gasteiger partial charge >= 0.3 is 0 Å². The summed E-state index contributed by atoms with van der Waals surface area (Å²) in [6.07, 6.45) is 3.26. The lowest BCUT2D eigenvalue weighted by Gasteiger charge is -2.04. The Balaban J connectivity index is 3.86. The van der Waals surface area contributed by atoms with E-state index in [1.165, 1.54) is 13.0 Å². The standard InChI is InChI=1S/C6H8Br2O/c1-5(9)3-4-6(2,7)8/h3-4H,1-2H3. The lowest BCUT2D eigenvalue weighted by molar-refractivity contribution is -0.112. The molecule has 0 bridgehead atoms. The Hall–Kier alpha value is 0.370. The lowest BCUT2D eigenvalue weighted by Crippen LogP contribution is -1.98. The van der Waals surface area contributed by atoms with E-state index in [1.807, 2.05) is 6.92 Å². The minimum absolute atomic E-state index is 0.0557. The smallest absolute Gasteiger partial charge is 0.152 e. The number of allylic oxidation sites excluding steroid dienone is 2. The van der Waals surface area contributed by atoms with Crippen LogP contribution in [0.5, 0.6) is 0 Å². The molecule has 0 fully saturated rings. The van der Waals surface area contributed by atoms with Crippen LogP contribution < -0.4 is 0 Å². The monoisotopic (exact) mass is 254 g/mol. The van der Waals surface area contributed by atoms with Gasteiger partial charge in [0, 0.05) is 0 Å². The van der Waals surface area contributed by atoms with Gasteiger partial charge in [-0.1, -0.05) is 37.9 Å². The molecule has 0 aliphatic carbocycles. The van der Waals surface area contributed by atoms with Crippen molar-refractivity contribution in [2.45, 2.75) is 17.1 Å². The zero-order valence-electron chi connectivity index (χ0n) is 5.32. The van der Waals surface area contributed by atoms with Gasteiger partial charge in [0.05, 0.1) is 3.23 Å². The van der Waals surface area contributed by atoms with Crippen LogP contribution in [0.25, 0.3) is 0 Å². The van der Waals surface area contributed by atoms with E-state index in [0.717, 1.165) is 0 Å². The molecule has 52 valence electrons. The van der Waals surface area contributed by atoms with E-state index >= 15 is 0 Å². The largest absolute Gasteiger partial charge is 0.295 e. The average Bonchev–Trinajstić information content (AvgIpc) is 1.59. The molecule has 0 aliphatic rings. The van der Waals surface area contributed by atoms with Gasteiger partial charge in [-0.3, -0.25) is 4.79 Å². The molecule has 9 heavy (non-hydrogen) atoms. The highest BCUT2D eigenvalue weighted by atomic mass is 79.9. The van der Waals surface area contributed by atoms with E-state index in [0.29, 0.717) is 0 Å². The van der Waals surface area contributed by atoms with Crippen molar-refractivity contribution in [3.05, 3.63) is 12.2 Å². The van der Waals surface area contributed by atoms with Crippen molar-refractivity contribution in [1.82, 2.24) is 0 Å². The van der Waals surface area contributed by atoms with Crippen LogP contribution in [0.3, 0.4) is 0 Å². The van der Waals surface area contributed by atoms with Gasteiger partial charge in [0.15, 0.2) is 5.78 Å². The molecular formula is C6H8Br2O. The Morgan fingerprint density at radius 3 is 2.11 bits per heavy atom. The second kappa shape index (κ2) is 3.52. The number of ketones is 1. The third-order valence-corrected chi connectivity index (χ3v) is 1.14. The maximum Gasteiger partial charge on any atom is 0.152 e.